The summed E-state index contributed by atoms with van der Waals surface area (Å²) >= 11 is 11.6. The van der Waals surface area contributed by atoms with Crippen molar-refractivity contribution in [1.29, 1.82) is 0 Å². The van der Waals surface area contributed by atoms with Crippen molar-refractivity contribution in [2.24, 2.45) is 0 Å². The Balaban J connectivity index is 3.13. The quantitative estimate of drug-likeness (QED) is 0.656. The van der Waals surface area contributed by atoms with Crippen LogP contribution in [-0.4, -0.2) is 0 Å². The highest BCUT2D eigenvalue weighted by atomic mass is 35.5. The van der Waals surface area contributed by atoms with Gasteiger partial charge in [-0.05, 0) is 23.1 Å². The second kappa shape index (κ2) is 4.74. The molecule has 0 bridgehead atoms. The van der Waals surface area contributed by atoms with Crippen LogP contribution in [-0.2, 0) is 18.2 Å². The zero-order chi connectivity index (χ0) is 8.97. The van der Waals surface area contributed by atoms with Gasteiger partial charge in [0.25, 0.3) is 0 Å². The lowest BCUT2D eigenvalue weighted by Crippen LogP contribution is -1.94. The third kappa shape index (κ3) is 1.94. The van der Waals surface area contributed by atoms with Crippen molar-refractivity contribution in [3.63, 3.8) is 0 Å². The summed E-state index contributed by atoms with van der Waals surface area (Å²) in [5.41, 5.74) is 3.67. The van der Waals surface area contributed by atoms with Gasteiger partial charge in [0.2, 0.25) is 0 Å². The van der Waals surface area contributed by atoms with E-state index >= 15 is 0 Å². The molecular weight excluding hydrogens is 191 g/mol. The molecule has 0 aliphatic carbocycles. The largest absolute Gasteiger partial charge is 0.122 e. The zero-order valence-corrected chi connectivity index (χ0v) is 8.62. The molecule has 0 radical (unpaired) electrons. The molecule has 0 aliphatic rings. The minimum atomic E-state index is 0.551. The van der Waals surface area contributed by atoms with E-state index in [1.54, 1.807) is 0 Å². The molecule has 0 heterocycles. The van der Waals surface area contributed by atoms with Crippen molar-refractivity contribution in [3.05, 3.63) is 34.9 Å². The first-order chi connectivity index (χ1) is 5.83. The second-order valence-corrected chi connectivity index (χ2v) is 3.21. The molecule has 0 aliphatic heterocycles. The summed E-state index contributed by atoms with van der Waals surface area (Å²) in [6.07, 6.45) is 1.02. The van der Waals surface area contributed by atoms with Gasteiger partial charge in [0, 0.05) is 11.8 Å². The highest BCUT2D eigenvalue weighted by Gasteiger charge is 2.03. The molecule has 12 heavy (non-hydrogen) atoms. The molecule has 1 aromatic carbocycles. The molecule has 0 atom stereocenters. The third-order valence-corrected chi connectivity index (χ3v) is 2.58. The van der Waals surface area contributed by atoms with Gasteiger partial charge in [-0.2, -0.15) is 0 Å². The molecule has 66 valence electrons. The summed E-state index contributed by atoms with van der Waals surface area (Å²) in [4.78, 5) is 0. The van der Waals surface area contributed by atoms with Gasteiger partial charge in [0.1, 0.15) is 0 Å². The molecule has 1 rings (SSSR count). The number of benzene rings is 1. The summed E-state index contributed by atoms with van der Waals surface area (Å²) in [7, 11) is 0. The van der Waals surface area contributed by atoms with Crippen LogP contribution in [0.4, 0.5) is 0 Å². The fraction of sp³-hybridized carbons (Fsp3) is 0.400. The van der Waals surface area contributed by atoms with Gasteiger partial charge in [-0.25, -0.2) is 0 Å². The maximum Gasteiger partial charge on any atom is 0.0479 e. The molecule has 0 fully saturated rings. The Bertz CT molecular complexity index is 234. The number of hydrogen-bond donors (Lipinski definition) is 0. The Morgan fingerprint density at radius 3 is 2.25 bits per heavy atom. The second-order valence-electron chi connectivity index (χ2n) is 2.68. The van der Waals surface area contributed by atoms with E-state index < -0.39 is 0 Å². The molecule has 0 aromatic heterocycles. The van der Waals surface area contributed by atoms with Gasteiger partial charge in [-0.3, -0.25) is 0 Å². The molecule has 0 saturated carbocycles. The highest BCUT2D eigenvalue weighted by Crippen LogP contribution is 2.19. The molecule has 0 unspecified atom stereocenters. The van der Waals surface area contributed by atoms with Gasteiger partial charge >= 0.3 is 0 Å². The van der Waals surface area contributed by atoms with Crippen LogP contribution < -0.4 is 0 Å². The van der Waals surface area contributed by atoms with Crippen molar-refractivity contribution in [1.82, 2.24) is 0 Å². The van der Waals surface area contributed by atoms with E-state index in [1.807, 2.05) is 12.1 Å². The monoisotopic (exact) mass is 202 g/mol. The van der Waals surface area contributed by atoms with Crippen LogP contribution >= 0.6 is 23.2 Å². The topological polar surface area (TPSA) is 0 Å². The molecule has 0 spiro atoms. The Hall–Kier alpha value is -0.200. The minimum Gasteiger partial charge on any atom is -0.122 e. The van der Waals surface area contributed by atoms with E-state index in [1.165, 1.54) is 11.1 Å². The van der Waals surface area contributed by atoms with Gasteiger partial charge in [0.15, 0.2) is 0 Å². The van der Waals surface area contributed by atoms with Crippen LogP contribution in [0.3, 0.4) is 0 Å². The van der Waals surface area contributed by atoms with Gasteiger partial charge < -0.3 is 0 Å². The van der Waals surface area contributed by atoms with E-state index in [2.05, 4.69) is 13.0 Å². The van der Waals surface area contributed by atoms with E-state index in [-0.39, 0.29) is 0 Å². The average Bonchev–Trinajstić information content (AvgIpc) is 2.16. The lowest BCUT2D eigenvalue weighted by molar-refractivity contribution is 1.08. The summed E-state index contributed by atoms with van der Waals surface area (Å²) in [5, 5.41) is 0. The molecular formula is C10H12Cl2. The van der Waals surface area contributed by atoms with Crippen LogP contribution in [0, 0.1) is 0 Å². The van der Waals surface area contributed by atoms with Gasteiger partial charge in [0.05, 0.1) is 0 Å². The third-order valence-electron chi connectivity index (χ3n) is 2.03. The van der Waals surface area contributed by atoms with Crippen LogP contribution in [0.2, 0.25) is 0 Å². The fourth-order valence-corrected chi connectivity index (χ4v) is 1.91. The fourth-order valence-electron chi connectivity index (χ4n) is 1.32. The summed E-state index contributed by atoms with van der Waals surface area (Å²) < 4.78 is 0. The van der Waals surface area contributed by atoms with E-state index in [9.17, 15) is 0 Å². The van der Waals surface area contributed by atoms with Crippen LogP contribution in [0.15, 0.2) is 18.2 Å². The van der Waals surface area contributed by atoms with Crippen molar-refractivity contribution >= 4 is 23.2 Å². The van der Waals surface area contributed by atoms with E-state index in [0.717, 1.165) is 12.0 Å². The maximum absolute atomic E-state index is 5.84. The normalized spacial score (nSPS) is 10.2. The first kappa shape index (κ1) is 9.88. The number of alkyl halides is 2. The van der Waals surface area contributed by atoms with Crippen LogP contribution in [0.25, 0.3) is 0 Å². The first-order valence-electron chi connectivity index (χ1n) is 4.05. The molecule has 0 amide bonds. The maximum atomic E-state index is 5.84. The number of halogens is 2. The predicted octanol–water partition coefficient (Wildman–Crippen LogP) is 3.73. The standard InChI is InChI=1S/C10H12Cl2/c1-2-8-4-3-5-9(6-11)10(8)7-12/h3-5H,2,6-7H2,1H3. The SMILES string of the molecule is CCc1cccc(CCl)c1CCl. The summed E-state index contributed by atoms with van der Waals surface area (Å²) in [6.45, 7) is 2.13. The Kier molecular flexibility index (Phi) is 3.90. The van der Waals surface area contributed by atoms with Gasteiger partial charge in [-0.1, -0.05) is 25.1 Å². The zero-order valence-electron chi connectivity index (χ0n) is 7.11. The van der Waals surface area contributed by atoms with Crippen LogP contribution in [0.5, 0.6) is 0 Å². The number of aryl methyl sites for hydroxylation is 1. The van der Waals surface area contributed by atoms with Crippen molar-refractivity contribution in [2.75, 3.05) is 0 Å². The predicted molar refractivity (Wildman–Crippen MR) is 54.9 cm³/mol. The van der Waals surface area contributed by atoms with Crippen LogP contribution in [0.1, 0.15) is 23.6 Å². The summed E-state index contributed by atoms with van der Waals surface area (Å²) in [5.74, 6) is 1.11. The molecule has 0 nitrogen and oxygen atoms in total. The van der Waals surface area contributed by atoms with Crippen molar-refractivity contribution in [2.45, 2.75) is 25.1 Å². The minimum absolute atomic E-state index is 0.551. The molecule has 0 N–H and O–H groups in total. The van der Waals surface area contributed by atoms with E-state index in [0.29, 0.717) is 11.8 Å². The first-order valence-corrected chi connectivity index (χ1v) is 5.12. The Morgan fingerprint density at radius 2 is 1.75 bits per heavy atom. The molecule has 0 saturated heterocycles. The Labute approximate surface area is 83.5 Å². The number of rotatable bonds is 3. The number of hydrogen-bond acceptors (Lipinski definition) is 0. The van der Waals surface area contributed by atoms with Crippen molar-refractivity contribution in [3.8, 4) is 0 Å². The summed E-state index contributed by atoms with van der Waals surface area (Å²) in [6, 6.07) is 6.17. The molecule has 2 heteroatoms. The molecule has 1 aromatic rings. The smallest absolute Gasteiger partial charge is 0.0479 e. The van der Waals surface area contributed by atoms with E-state index in [4.69, 9.17) is 23.2 Å². The lowest BCUT2D eigenvalue weighted by Gasteiger charge is -2.08. The lowest BCUT2D eigenvalue weighted by atomic mass is 10.0. The van der Waals surface area contributed by atoms with Gasteiger partial charge in [-0.15, -0.1) is 23.2 Å². The average molecular weight is 203 g/mol. The Morgan fingerprint density at radius 1 is 1.08 bits per heavy atom. The van der Waals surface area contributed by atoms with Crippen molar-refractivity contribution < 1.29 is 0 Å². The highest BCUT2D eigenvalue weighted by molar-refractivity contribution is 6.18.